The van der Waals surface area contributed by atoms with Gasteiger partial charge in [-0.05, 0) is 35.6 Å². The normalized spacial score (nSPS) is 14.8. The first-order valence-corrected chi connectivity index (χ1v) is 8.19. The molecular formula is C18H14FNO2S. The molecule has 0 saturated heterocycles. The number of para-hydroxylation sites is 1. The lowest BCUT2D eigenvalue weighted by molar-refractivity contribution is -0.119. The molecule has 23 heavy (non-hydrogen) atoms. The van der Waals surface area contributed by atoms with E-state index >= 15 is 0 Å². The van der Waals surface area contributed by atoms with E-state index in [9.17, 15) is 14.0 Å². The van der Waals surface area contributed by atoms with Crippen LogP contribution < -0.4 is 4.90 Å². The summed E-state index contributed by atoms with van der Waals surface area (Å²) in [6.45, 7) is 1.92. The van der Waals surface area contributed by atoms with Crippen LogP contribution in [0.5, 0.6) is 0 Å². The van der Waals surface area contributed by atoms with Gasteiger partial charge in [-0.1, -0.05) is 37.3 Å². The van der Waals surface area contributed by atoms with E-state index in [4.69, 9.17) is 0 Å². The predicted octanol–water partition coefficient (Wildman–Crippen LogP) is 3.86. The Morgan fingerprint density at radius 1 is 0.957 bits per heavy atom. The molecule has 2 aromatic rings. The second kappa shape index (κ2) is 6.38. The molecule has 0 unspecified atom stereocenters. The van der Waals surface area contributed by atoms with Crippen LogP contribution in [0.4, 0.5) is 10.1 Å². The van der Waals surface area contributed by atoms with E-state index in [0.717, 1.165) is 0 Å². The van der Waals surface area contributed by atoms with Gasteiger partial charge in [0.1, 0.15) is 5.82 Å². The van der Waals surface area contributed by atoms with Gasteiger partial charge in [-0.15, -0.1) is 11.8 Å². The van der Waals surface area contributed by atoms with Crippen LogP contribution in [-0.4, -0.2) is 17.6 Å². The van der Waals surface area contributed by atoms with Crippen molar-refractivity contribution in [1.29, 1.82) is 0 Å². The summed E-state index contributed by atoms with van der Waals surface area (Å²) in [6.07, 6.45) is 0. The molecule has 5 heteroatoms. The summed E-state index contributed by atoms with van der Waals surface area (Å²) in [4.78, 5) is 27.1. The second-order valence-corrected chi connectivity index (χ2v) is 6.20. The van der Waals surface area contributed by atoms with Crippen LogP contribution in [0.15, 0.2) is 59.5 Å². The van der Waals surface area contributed by atoms with E-state index in [2.05, 4.69) is 0 Å². The van der Waals surface area contributed by atoms with Crippen LogP contribution in [0.1, 0.15) is 12.5 Å². The molecule has 1 aliphatic heterocycles. The van der Waals surface area contributed by atoms with Gasteiger partial charge in [-0.2, -0.15) is 0 Å². The number of hydrogen-bond acceptors (Lipinski definition) is 3. The van der Waals surface area contributed by atoms with E-state index in [1.54, 1.807) is 24.3 Å². The lowest BCUT2D eigenvalue weighted by Crippen LogP contribution is -2.31. The van der Waals surface area contributed by atoms with Crippen molar-refractivity contribution >= 4 is 34.8 Å². The number of hydrogen-bond donors (Lipinski definition) is 0. The predicted molar refractivity (Wildman–Crippen MR) is 90.4 cm³/mol. The van der Waals surface area contributed by atoms with Gasteiger partial charge in [0.25, 0.3) is 11.8 Å². The Labute approximate surface area is 137 Å². The molecule has 0 atom stereocenters. The third-order valence-corrected chi connectivity index (χ3v) is 4.43. The molecule has 1 aliphatic rings. The molecule has 0 saturated carbocycles. The van der Waals surface area contributed by atoms with Gasteiger partial charge in [-0.25, -0.2) is 9.29 Å². The standard InChI is InChI=1S/C18H14FNO2S/c1-2-23-16-15(12-8-10-13(19)11-9-12)17(21)20(18(16)22)14-6-4-3-5-7-14/h3-11H,2H2,1H3. The average Bonchev–Trinajstić information content (AvgIpc) is 2.80. The van der Waals surface area contributed by atoms with E-state index in [1.165, 1.54) is 40.9 Å². The zero-order chi connectivity index (χ0) is 16.4. The molecule has 116 valence electrons. The second-order valence-electron chi connectivity index (χ2n) is 4.93. The first kappa shape index (κ1) is 15.5. The number of carbonyl (C=O) groups is 2. The molecule has 1 heterocycles. The highest BCUT2D eigenvalue weighted by Crippen LogP contribution is 2.38. The molecule has 0 fully saturated rings. The molecule has 3 nitrogen and oxygen atoms in total. The molecule has 0 aliphatic carbocycles. The minimum atomic E-state index is -0.379. The number of anilines is 1. The van der Waals surface area contributed by atoms with Crippen LogP contribution in [0.2, 0.25) is 0 Å². The van der Waals surface area contributed by atoms with E-state index in [-0.39, 0.29) is 17.6 Å². The van der Waals surface area contributed by atoms with Crippen molar-refractivity contribution in [1.82, 2.24) is 0 Å². The van der Waals surface area contributed by atoms with E-state index in [0.29, 0.717) is 27.5 Å². The van der Waals surface area contributed by atoms with Crippen LogP contribution in [-0.2, 0) is 9.59 Å². The summed E-state index contributed by atoms with van der Waals surface area (Å²) >= 11 is 1.33. The highest BCUT2D eigenvalue weighted by Gasteiger charge is 2.39. The quantitative estimate of drug-likeness (QED) is 0.800. The Bertz CT molecular complexity index is 784. The summed E-state index contributed by atoms with van der Waals surface area (Å²) in [5, 5.41) is 0. The number of imide groups is 1. The number of benzene rings is 2. The number of amides is 2. The molecule has 0 N–H and O–H groups in total. The maximum Gasteiger partial charge on any atom is 0.272 e. The van der Waals surface area contributed by atoms with Gasteiger partial charge >= 0.3 is 0 Å². The topological polar surface area (TPSA) is 37.4 Å². The SMILES string of the molecule is CCSC1=C(c2ccc(F)cc2)C(=O)N(c2ccccc2)C1=O. The molecule has 0 bridgehead atoms. The number of rotatable bonds is 4. The third kappa shape index (κ3) is 2.80. The molecule has 0 spiro atoms. The fourth-order valence-corrected chi connectivity index (χ4v) is 3.32. The molecule has 0 aromatic heterocycles. The van der Waals surface area contributed by atoms with Crippen molar-refractivity contribution in [2.45, 2.75) is 6.92 Å². The van der Waals surface area contributed by atoms with E-state index in [1.807, 2.05) is 13.0 Å². The number of carbonyl (C=O) groups excluding carboxylic acids is 2. The number of halogens is 1. The van der Waals surface area contributed by atoms with Gasteiger partial charge in [0, 0.05) is 0 Å². The monoisotopic (exact) mass is 327 g/mol. The van der Waals surface area contributed by atoms with Crippen LogP contribution in [0.25, 0.3) is 5.57 Å². The zero-order valence-electron chi connectivity index (χ0n) is 12.5. The Kier molecular flexibility index (Phi) is 4.30. The number of nitrogens with zero attached hydrogens (tertiary/aromatic N) is 1. The molecule has 2 amide bonds. The smallest absolute Gasteiger partial charge is 0.268 e. The van der Waals surface area contributed by atoms with Crippen molar-refractivity contribution in [3.63, 3.8) is 0 Å². The molecular weight excluding hydrogens is 313 g/mol. The lowest BCUT2D eigenvalue weighted by atomic mass is 10.1. The molecule has 0 radical (unpaired) electrons. The highest BCUT2D eigenvalue weighted by atomic mass is 32.2. The summed E-state index contributed by atoms with van der Waals surface area (Å²) < 4.78 is 13.2. The first-order valence-electron chi connectivity index (χ1n) is 7.20. The minimum Gasteiger partial charge on any atom is -0.268 e. The largest absolute Gasteiger partial charge is 0.272 e. The van der Waals surface area contributed by atoms with Gasteiger partial charge in [0.05, 0.1) is 16.2 Å². The lowest BCUT2D eigenvalue weighted by Gasteiger charge is -2.14. The number of thioether (sulfide) groups is 1. The summed E-state index contributed by atoms with van der Waals surface area (Å²) in [6, 6.07) is 14.5. The molecule has 3 rings (SSSR count). The minimum absolute atomic E-state index is 0.327. The van der Waals surface area contributed by atoms with Crippen molar-refractivity contribution in [2.75, 3.05) is 10.7 Å². The van der Waals surface area contributed by atoms with Gasteiger partial charge < -0.3 is 0 Å². The van der Waals surface area contributed by atoms with Crippen LogP contribution >= 0.6 is 11.8 Å². The fourth-order valence-electron chi connectivity index (χ4n) is 2.47. The third-order valence-electron chi connectivity index (χ3n) is 3.48. The maximum absolute atomic E-state index is 13.2. The van der Waals surface area contributed by atoms with Gasteiger partial charge in [0.15, 0.2) is 0 Å². The average molecular weight is 327 g/mol. The Hall–Kier alpha value is -2.40. The summed E-state index contributed by atoms with van der Waals surface area (Å²) in [7, 11) is 0. The fraction of sp³-hybridized carbons (Fsp3) is 0.111. The Morgan fingerprint density at radius 2 is 1.61 bits per heavy atom. The first-order chi connectivity index (χ1) is 11.1. The van der Waals surface area contributed by atoms with Crippen molar-refractivity contribution in [3.05, 3.63) is 70.9 Å². The highest BCUT2D eigenvalue weighted by molar-refractivity contribution is 8.04. The van der Waals surface area contributed by atoms with Gasteiger partial charge in [-0.3, -0.25) is 9.59 Å². The van der Waals surface area contributed by atoms with Crippen LogP contribution in [0.3, 0.4) is 0 Å². The zero-order valence-corrected chi connectivity index (χ0v) is 13.3. The Balaban J connectivity index is 2.09. The van der Waals surface area contributed by atoms with Crippen molar-refractivity contribution in [2.24, 2.45) is 0 Å². The van der Waals surface area contributed by atoms with Crippen molar-refractivity contribution in [3.8, 4) is 0 Å². The summed E-state index contributed by atoms with van der Waals surface area (Å²) in [5.41, 5.74) is 1.43. The van der Waals surface area contributed by atoms with Gasteiger partial charge in [0.2, 0.25) is 0 Å². The Morgan fingerprint density at radius 3 is 2.22 bits per heavy atom. The molecule has 2 aromatic carbocycles. The van der Waals surface area contributed by atoms with Crippen LogP contribution in [0, 0.1) is 5.82 Å². The van der Waals surface area contributed by atoms with E-state index < -0.39 is 0 Å². The maximum atomic E-state index is 13.2. The summed E-state index contributed by atoms with van der Waals surface area (Å²) in [5.74, 6) is -0.409. The van der Waals surface area contributed by atoms with Crippen molar-refractivity contribution < 1.29 is 14.0 Å².